The lowest BCUT2D eigenvalue weighted by molar-refractivity contribution is -0.507. The van der Waals surface area contributed by atoms with Gasteiger partial charge in [-0.2, -0.15) is 0 Å². The molecule has 5 N–H and O–H groups in total. The number of ether oxygens (including phenoxy) is 1. The number of aliphatic hydroxyl groups is 5. The van der Waals surface area contributed by atoms with E-state index in [9.17, 15) is 30.3 Å². The lowest BCUT2D eigenvalue weighted by Gasteiger charge is -2.75. The molecule has 0 amide bonds. The summed E-state index contributed by atoms with van der Waals surface area (Å²) >= 11 is 0. The second-order valence-electron chi connectivity index (χ2n) is 10.0. The van der Waals surface area contributed by atoms with E-state index in [1.54, 1.807) is 0 Å². The van der Waals surface area contributed by atoms with Crippen molar-refractivity contribution in [2.24, 2.45) is 34.0 Å². The Hall–Kier alpha value is -0.830. The van der Waals surface area contributed by atoms with Crippen LogP contribution in [0.15, 0.2) is 12.2 Å². The highest BCUT2D eigenvalue weighted by molar-refractivity contribution is 6.05. The molecule has 2 spiro atoms. The minimum absolute atomic E-state index is 0.230. The number of rotatable bonds is 0. The Morgan fingerprint density at radius 3 is 2.41 bits per heavy atom. The van der Waals surface area contributed by atoms with Crippen LogP contribution in [0.25, 0.3) is 0 Å². The van der Waals surface area contributed by atoms with Gasteiger partial charge in [-0.3, -0.25) is 4.79 Å². The molecule has 2 aliphatic heterocycles. The summed E-state index contributed by atoms with van der Waals surface area (Å²) in [6, 6.07) is 0. The summed E-state index contributed by atoms with van der Waals surface area (Å²) < 4.78 is 5.57. The van der Waals surface area contributed by atoms with Crippen LogP contribution in [0.3, 0.4) is 0 Å². The van der Waals surface area contributed by atoms with Gasteiger partial charge in [-0.25, -0.2) is 0 Å². The highest BCUT2D eigenvalue weighted by atomic mass is 16.7. The van der Waals surface area contributed by atoms with Crippen LogP contribution in [-0.4, -0.2) is 61.7 Å². The van der Waals surface area contributed by atoms with E-state index in [2.05, 4.69) is 6.58 Å². The molecule has 0 aromatic rings. The van der Waals surface area contributed by atoms with Gasteiger partial charge in [0.1, 0.15) is 11.5 Å². The second-order valence-corrected chi connectivity index (χ2v) is 10.0. The van der Waals surface area contributed by atoms with Crippen molar-refractivity contribution >= 4 is 5.78 Å². The zero-order valence-corrected chi connectivity index (χ0v) is 15.6. The van der Waals surface area contributed by atoms with Gasteiger partial charge in [0, 0.05) is 11.8 Å². The predicted octanol–water partition coefficient (Wildman–Crippen LogP) is -0.306. The first-order valence-corrected chi connectivity index (χ1v) is 9.85. The molecule has 4 saturated carbocycles. The number of carbonyl (C=O) groups is 1. The van der Waals surface area contributed by atoms with Gasteiger partial charge >= 0.3 is 0 Å². The van der Waals surface area contributed by atoms with E-state index in [1.807, 2.05) is 13.8 Å². The monoisotopic (exact) mass is 380 g/mol. The lowest BCUT2D eigenvalue weighted by atomic mass is 9.35. The number of hydrogen-bond donors (Lipinski definition) is 5. The maximum Gasteiger partial charge on any atom is 0.211 e. The van der Waals surface area contributed by atoms with Crippen LogP contribution < -0.4 is 0 Å². The molecule has 6 fully saturated rings. The van der Waals surface area contributed by atoms with Gasteiger partial charge in [-0.05, 0) is 42.6 Å². The maximum atomic E-state index is 13.4. The maximum absolute atomic E-state index is 13.4. The zero-order chi connectivity index (χ0) is 19.7. The molecule has 6 aliphatic rings. The van der Waals surface area contributed by atoms with E-state index < -0.39 is 70.2 Å². The van der Waals surface area contributed by atoms with Crippen molar-refractivity contribution in [3.8, 4) is 0 Å². The van der Waals surface area contributed by atoms with Gasteiger partial charge in [0.25, 0.3) is 0 Å². The second kappa shape index (κ2) is 4.83. The van der Waals surface area contributed by atoms with Crippen LogP contribution in [0.5, 0.6) is 0 Å². The summed E-state index contributed by atoms with van der Waals surface area (Å²) in [6.07, 6.45) is -3.43. The number of ketones is 1. The van der Waals surface area contributed by atoms with Crippen LogP contribution >= 0.6 is 0 Å². The quantitative estimate of drug-likeness (QED) is 0.365. The van der Waals surface area contributed by atoms with E-state index in [4.69, 9.17) is 4.74 Å². The van der Waals surface area contributed by atoms with E-state index in [0.717, 1.165) is 0 Å². The topological polar surface area (TPSA) is 127 Å². The molecule has 6 rings (SSSR count). The van der Waals surface area contributed by atoms with Crippen molar-refractivity contribution in [3.63, 3.8) is 0 Å². The minimum atomic E-state index is -2.42. The largest absolute Gasteiger partial charge is 0.392 e. The van der Waals surface area contributed by atoms with Crippen LogP contribution in [0.1, 0.15) is 39.5 Å². The molecule has 0 aromatic carbocycles. The fourth-order valence-electron chi connectivity index (χ4n) is 7.96. The fraction of sp³-hybridized carbons (Fsp3) is 0.850. The first-order chi connectivity index (χ1) is 12.5. The molecular weight excluding hydrogens is 352 g/mol. The molecule has 4 aliphatic carbocycles. The van der Waals surface area contributed by atoms with Crippen LogP contribution in [0, 0.1) is 34.0 Å². The fourth-order valence-corrected chi connectivity index (χ4v) is 7.96. The molecular formula is C20H28O7. The van der Waals surface area contributed by atoms with Crippen molar-refractivity contribution in [1.82, 2.24) is 0 Å². The Bertz CT molecular complexity index is 749. The third-order valence-electron chi connectivity index (χ3n) is 8.93. The molecule has 27 heavy (non-hydrogen) atoms. The number of aliphatic hydroxyl groups excluding tert-OH is 4. The molecule has 0 aromatic heterocycles. The summed E-state index contributed by atoms with van der Waals surface area (Å²) in [5, 5.41) is 56.2. The Morgan fingerprint density at radius 1 is 1.07 bits per heavy atom. The van der Waals surface area contributed by atoms with Crippen molar-refractivity contribution in [3.05, 3.63) is 12.2 Å². The Balaban J connectivity index is 1.84. The molecule has 4 bridgehead atoms. The minimum Gasteiger partial charge on any atom is -0.392 e. The van der Waals surface area contributed by atoms with Gasteiger partial charge in [-0.15, -0.1) is 0 Å². The van der Waals surface area contributed by atoms with Crippen LogP contribution in [0.2, 0.25) is 0 Å². The first kappa shape index (κ1) is 18.2. The van der Waals surface area contributed by atoms with Crippen molar-refractivity contribution in [2.75, 3.05) is 0 Å². The van der Waals surface area contributed by atoms with Gasteiger partial charge in [0.2, 0.25) is 5.79 Å². The molecule has 5 unspecified atom stereocenters. The Kier molecular flexibility index (Phi) is 3.26. The number of fused-ring (bicyclic) bond motifs is 2. The molecule has 2 saturated heterocycles. The number of Topliss-reactive ketones (excluding diaryl/α,β-unsaturated/α-hetero) is 1. The molecule has 7 heteroatoms. The van der Waals surface area contributed by atoms with E-state index >= 15 is 0 Å². The van der Waals surface area contributed by atoms with Gasteiger partial charge in [-0.1, -0.05) is 20.4 Å². The number of carbonyl (C=O) groups excluding carboxylic acids is 1. The van der Waals surface area contributed by atoms with E-state index in [-0.39, 0.29) is 5.57 Å². The Morgan fingerprint density at radius 2 is 1.74 bits per heavy atom. The molecule has 10 atom stereocenters. The molecule has 150 valence electrons. The Labute approximate surface area is 157 Å². The van der Waals surface area contributed by atoms with Crippen molar-refractivity contribution in [2.45, 2.75) is 69.9 Å². The van der Waals surface area contributed by atoms with E-state index in [0.29, 0.717) is 25.7 Å². The highest BCUT2D eigenvalue weighted by Crippen LogP contribution is 2.77. The standard InChI is InChI=1S/C20H28O7/c1-8-9-4-5-10-18-11(21)6-7-17(2,3)12(18)15(24)20(26,27-16(18)25)19(10,13(8)22)14(9)23/h9-12,14-16,21,23-26H,1,4-7H2,2-3H3/t9?,10-,11?,12+,14?,15?,16?,18-,19-,20+/m0/s1. The third kappa shape index (κ3) is 1.52. The summed E-state index contributed by atoms with van der Waals surface area (Å²) in [5.41, 5.74) is -3.41. The number of hydrogen-bond acceptors (Lipinski definition) is 7. The summed E-state index contributed by atoms with van der Waals surface area (Å²) in [5.74, 6) is -4.83. The lowest BCUT2D eigenvalue weighted by Crippen LogP contribution is -2.87. The van der Waals surface area contributed by atoms with Gasteiger partial charge < -0.3 is 30.3 Å². The molecule has 2 heterocycles. The average Bonchev–Trinajstić information content (AvgIpc) is 2.70. The van der Waals surface area contributed by atoms with Crippen LogP contribution in [-0.2, 0) is 9.53 Å². The highest BCUT2D eigenvalue weighted by Gasteiger charge is 2.88. The summed E-state index contributed by atoms with van der Waals surface area (Å²) in [4.78, 5) is 13.4. The summed E-state index contributed by atoms with van der Waals surface area (Å²) in [7, 11) is 0. The normalized spacial score (nSPS) is 60.9. The predicted molar refractivity (Wildman–Crippen MR) is 91.8 cm³/mol. The first-order valence-electron chi connectivity index (χ1n) is 9.85. The van der Waals surface area contributed by atoms with Gasteiger partial charge in [0.05, 0.1) is 17.6 Å². The smallest absolute Gasteiger partial charge is 0.211 e. The third-order valence-corrected chi connectivity index (χ3v) is 8.93. The molecule has 7 nitrogen and oxygen atoms in total. The zero-order valence-electron chi connectivity index (χ0n) is 15.6. The van der Waals surface area contributed by atoms with E-state index in [1.165, 1.54) is 0 Å². The molecule has 0 radical (unpaired) electrons. The van der Waals surface area contributed by atoms with Gasteiger partial charge in [0.15, 0.2) is 12.1 Å². The SMILES string of the molecule is C=C1C(=O)[C@]23C(O)C1CC[C@H]2[C@]12C(O)CCC(C)(C)[C@H]1C(O)[C@@]3(O)OC2O. The van der Waals surface area contributed by atoms with Crippen molar-refractivity contribution in [1.29, 1.82) is 0 Å². The average molecular weight is 380 g/mol. The van der Waals surface area contributed by atoms with Crippen molar-refractivity contribution < 1.29 is 35.1 Å². The van der Waals surface area contributed by atoms with Crippen LogP contribution in [0.4, 0.5) is 0 Å². The summed E-state index contributed by atoms with van der Waals surface area (Å²) in [6.45, 7) is 7.72.